The second kappa shape index (κ2) is 2.74. The number of nitrogens with one attached hydrogen (secondary N) is 1. The highest BCUT2D eigenvalue weighted by molar-refractivity contribution is 6.35. The van der Waals surface area contributed by atoms with E-state index in [1.807, 2.05) is 0 Å². The average molecular weight is 197 g/mol. The number of aromatic amines is 1. The summed E-state index contributed by atoms with van der Waals surface area (Å²) in [6, 6.07) is 1.64. The van der Waals surface area contributed by atoms with Crippen molar-refractivity contribution in [2.45, 2.75) is 0 Å². The van der Waals surface area contributed by atoms with Crippen molar-refractivity contribution in [2.75, 3.05) is 0 Å². The molecule has 0 amide bonds. The lowest BCUT2D eigenvalue weighted by molar-refractivity contribution is 0.0693. The Morgan fingerprint density at radius 3 is 3.08 bits per heavy atom. The number of hydrogen-bond donors (Lipinski definition) is 2. The Morgan fingerprint density at radius 2 is 2.38 bits per heavy atom. The smallest absolute Gasteiger partial charge is 0.355 e. The van der Waals surface area contributed by atoms with Gasteiger partial charge >= 0.3 is 5.97 Å². The largest absolute Gasteiger partial charge is 0.476 e. The summed E-state index contributed by atoms with van der Waals surface area (Å²) >= 11 is 5.79. The number of carbonyl (C=O) groups is 1. The number of pyridine rings is 1. The number of rotatable bonds is 1. The van der Waals surface area contributed by atoms with Crippen LogP contribution >= 0.6 is 11.6 Å². The SMILES string of the molecule is O=C(O)c1ncc(Cl)c2[nH]ccc12. The van der Waals surface area contributed by atoms with E-state index in [2.05, 4.69) is 9.97 Å². The third-order valence-electron chi connectivity index (χ3n) is 1.75. The van der Waals surface area contributed by atoms with Crippen molar-refractivity contribution >= 4 is 28.5 Å². The number of H-pyrrole nitrogens is 1. The van der Waals surface area contributed by atoms with Crippen molar-refractivity contribution in [2.24, 2.45) is 0 Å². The lowest BCUT2D eigenvalue weighted by atomic mass is 10.2. The highest BCUT2D eigenvalue weighted by Gasteiger charge is 2.12. The third kappa shape index (κ3) is 1.15. The maximum absolute atomic E-state index is 10.7. The first-order valence-corrected chi connectivity index (χ1v) is 3.93. The van der Waals surface area contributed by atoms with Crippen LogP contribution < -0.4 is 0 Å². The first kappa shape index (κ1) is 8.07. The van der Waals surface area contributed by atoms with Gasteiger partial charge in [-0.2, -0.15) is 0 Å². The van der Waals surface area contributed by atoms with Gasteiger partial charge in [-0.15, -0.1) is 0 Å². The van der Waals surface area contributed by atoms with Crippen LogP contribution in [0.3, 0.4) is 0 Å². The van der Waals surface area contributed by atoms with Crippen molar-refractivity contribution in [1.29, 1.82) is 0 Å². The van der Waals surface area contributed by atoms with Crippen molar-refractivity contribution in [3.05, 3.63) is 29.2 Å². The molecule has 0 unspecified atom stereocenters. The molecule has 0 spiro atoms. The Labute approximate surface area is 78.2 Å². The number of hydrogen-bond acceptors (Lipinski definition) is 2. The number of fused-ring (bicyclic) bond motifs is 1. The molecule has 2 rings (SSSR count). The number of aromatic nitrogens is 2. The Hall–Kier alpha value is -1.55. The molecule has 66 valence electrons. The molecule has 13 heavy (non-hydrogen) atoms. The summed E-state index contributed by atoms with van der Waals surface area (Å²) < 4.78 is 0. The average Bonchev–Trinajstić information content (AvgIpc) is 2.53. The second-order valence-corrected chi connectivity index (χ2v) is 2.93. The van der Waals surface area contributed by atoms with E-state index in [4.69, 9.17) is 16.7 Å². The number of nitrogens with zero attached hydrogens (tertiary/aromatic N) is 1. The standard InChI is InChI=1S/C8H5ClN2O2/c9-5-3-11-7(8(12)13)4-1-2-10-6(4)5/h1-3,10H,(H,12,13). The molecule has 4 nitrogen and oxygen atoms in total. The van der Waals surface area contributed by atoms with E-state index in [9.17, 15) is 4.79 Å². The van der Waals surface area contributed by atoms with Gasteiger partial charge in [-0.1, -0.05) is 11.6 Å². The van der Waals surface area contributed by atoms with Crippen LogP contribution in [0.4, 0.5) is 0 Å². The zero-order chi connectivity index (χ0) is 9.42. The predicted octanol–water partition coefficient (Wildman–Crippen LogP) is 1.91. The van der Waals surface area contributed by atoms with Crippen LogP contribution in [-0.2, 0) is 0 Å². The quantitative estimate of drug-likeness (QED) is 0.732. The van der Waals surface area contributed by atoms with E-state index >= 15 is 0 Å². The van der Waals surface area contributed by atoms with Crippen LogP contribution in [0.5, 0.6) is 0 Å². The number of halogens is 1. The van der Waals surface area contributed by atoms with Crippen LogP contribution in [0, 0.1) is 0 Å². The molecule has 0 bridgehead atoms. The molecule has 2 N–H and O–H groups in total. The van der Waals surface area contributed by atoms with Crippen LogP contribution in [0.2, 0.25) is 5.02 Å². The fourth-order valence-corrected chi connectivity index (χ4v) is 1.40. The van der Waals surface area contributed by atoms with Crippen molar-refractivity contribution < 1.29 is 9.90 Å². The summed E-state index contributed by atoms with van der Waals surface area (Å²) in [5.41, 5.74) is 0.620. The van der Waals surface area contributed by atoms with Gasteiger partial charge in [0.05, 0.1) is 10.5 Å². The zero-order valence-electron chi connectivity index (χ0n) is 6.41. The summed E-state index contributed by atoms with van der Waals surface area (Å²) in [6.45, 7) is 0. The van der Waals surface area contributed by atoms with Gasteiger partial charge in [-0.05, 0) is 6.07 Å². The molecule has 0 saturated carbocycles. The van der Waals surface area contributed by atoms with E-state index in [0.29, 0.717) is 15.9 Å². The molecule has 2 aromatic heterocycles. The van der Waals surface area contributed by atoms with E-state index < -0.39 is 5.97 Å². The molecule has 2 heterocycles. The number of aromatic carboxylic acids is 1. The van der Waals surface area contributed by atoms with Gasteiger partial charge in [0, 0.05) is 17.8 Å². The highest BCUT2D eigenvalue weighted by atomic mass is 35.5. The van der Waals surface area contributed by atoms with Crippen LogP contribution in [0.25, 0.3) is 10.9 Å². The van der Waals surface area contributed by atoms with Crippen LogP contribution in [-0.4, -0.2) is 21.0 Å². The molecule has 2 aromatic rings. The fourth-order valence-electron chi connectivity index (χ4n) is 1.19. The van der Waals surface area contributed by atoms with E-state index in [1.165, 1.54) is 6.20 Å². The summed E-state index contributed by atoms with van der Waals surface area (Å²) in [4.78, 5) is 17.3. The first-order chi connectivity index (χ1) is 6.20. The zero-order valence-corrected chi connectivity index (χ0v) is 7.17. The topological polar surface area (TPSA) is 66.0 Å². The predicted molar refractivity (Wildman–Crippen MR) is 48.1 cm³/mol. The molecule has 0 aliphatic carbocycles. The van der Waals surface area contributed by atoms with Gasteiger partial charge < -0.3 is 10.1 Å². The lowest BCUT2D eigenvalue weighted by Crippen LogP contribution is -2.00. The summed E-state index contributed by atoms with van der Waals surface area (Å²) in [6.07, 6.45) is 2.95. The Balaban J connectivity index is 2.86. The summed E-state index contributed by atoms with van der Waals surface area (Å²) in [5.74, 6) is -1.05. The van der Waals surface area contributed by atoms with E-state index in [-0.39, 0.29) is 5.69 Å². The van der Waals surface area contributed by atoms with Crippen molar-refractivity contribution in [3.63, 3.8) is 0 Å². The maximum Gasteiger partial charge on any atom is 0.355 e. The normalized spacial score (nSPS) is 10.5. The summed E-state index contributed by atoms with van der Waals surface area (Å²) in [7, 11) is 0. The van der Waals surface area contributed by atoms with Gasteiger partial charge in [0.2, 0.25) is 0 Å². The monoisotopic (exact) mass is 196 g/mol. The van der Waals surface area contributed by atoms with Gasteiger partial charge in [-0.25, -0.2) is 9.78 Å². The van der Waals surface area contributed by atoms with Crippen molar-refractivity contribution in [3.8, 4) is 0 Å². The van der Waals surface area contributed by atoms with Crippen molar-refractivity contribution in [1.82, 2.24) is 9.97 Å². The van der Waals surface area contributed by atoms with Gasteiger partial charge in [0.15, 0.2) is 5.69 Å². The van der Waals surface area contributed by atoms with Gasteiger partial charge in [-0.3, -0.25) is 0 Å². The molecule has 0 saturated heterocycles. The molecule has 0 aliphatic rings. The summed E-state index contributed by atoms with van der Waals surface area (Å²) in [5, 5.41) is 9.72. The molecular formula is C8H5ClN2O2. The van der Waals surface area contributed by atoms with Crippen LogP contribution in [0.15, 0.2) is 18.5 Å². The molecule has 0 fully saturated rings. The maximum atomic E-state index is 10.7. The van der Waals surface area contributed by atoms with E-state index in [0.717, 1.165) is 0 Å². The Bertz CT molecular complexity index is 478. The molecule has 0 radical (unpaired) electrons. The third-order valence-corrected chi connectivity index (χ3v) is 2.04. The Kier molecular flexibility index (Phi) is 1.70. The minimum atomic E-state index is -1.05. The molecule has 0 atom stereocenters. The fraction of sp³-hybridized carbons (Fsp3) is 0. The molecular weight excluding hydrogens is 192 g/mol. The highest BCUT2D eigenvalue weighted by Crippen LogP contribution is 2.22. The van der Waals surface area contributed by atoms with Gasteiger partial charge in [0.1, 0.15) is 0 Å². The van der Waals surface area contributed by atoms with Gasteiger partial charge in [0.25, 0.3) is 0 Å². The minimum Gasteiger partial charge on any atom is -0.476 e. The Morgan fingerprint density at radius 1 is 1.62 bits per heavy atom. The minimum absolute atomic E-state index is 0.0145. The van der Waals surface area contributed by atoms with Crippen LogP contribution in [0.1, 0.15) is 10.5 Å². The van der Waals surface area contributed by atoms with E-state index in [1.54, 1.807) is 12.3 Å². The first-order valence-electron chi connectivity index (χ1n) is 3.55. The second-order valence-electron chi connectivity index (χ2n) is 2.53. The lowest BCUT2D eigenvalue weighted by Gasteiger charge is -1.97. The number of carboxylic acids is 1. The number of carboxylic acid groups (broad SMARTS) is 1. The molecule has 5 heteroatoms. The molecule has 0 aliphatic heterocycles. The molecule has 0 aromatic carbocycles.